The summed E-state index contributed by atoms with van der Waals surface area (Å²) in [5, 5.41) is 7.09. The van der Waals surface area contributed by atoms with Crippen molar-refractivity contribution < 1.29 is 17.5 Å². The third-order valence-corrected chi connectivity index (χ3v) is 1.70. The molecule has 0 aromatic heterocycles. The molecule has 84 valence electrons. The molecular formula is C6H13N3O4S-2. The van der Waals surface area contributed by atoms with Gasteiger partial charge in [-0.1, -0.05) is 0 Å². The van der Waals surface area contributed by atoms with Gasteiger partial charge in [-0.3, -0.25) is 13.8 Å². The highest BCUT2D eigenvalue weighted by Crippen LogP contribution is 2.06. The first-order valence-electron chi connectivity index (χ1n) is 4.06. The fourth-order valence-corrected chi connectivity index (χ4v) is 1.13. The maximum Gasteiger partial charge on any atom is 0.188 e. The van der Waals surface area contributed by atoms with Gasteiger partial charge in [0.15, 0.2) is 5.96 Å². The van der Waals surface area contributed by atoms with Gasteiger partial charge in [-0.15, -0.1) is 0 Å². The number of nitrogens with two attached hydrogens (primary N) is 1. The number of guanidine groups is 1. The topological polar surface area (TPSA) is 133 Å². The van der Waals surface area contributed by atoms with Crippen molar-refractivity contribution in [2.75, 3.05) is 13.1 Å². The quantitative estimate of drug-likeness (QED) is 0.235. The minimum absolute atomic E-state index is 0.231. The Kier molecular flexibility index (Phi) is 5.43. The van der Waals surface area contributed by atoms with Crippen LogP contribution in [0.3, 0.4) is 0 Å². The molecule has 0 unspecified atom stereocenters. The number of likely N-dealkylation sites (tertiary alicyclic amines) is 1. The number of piperidine rings is 1. The third kappa shape index (κ3) is 9.23. The predicted molar refractivity (Wildman–Crippen MR) is 47.8 cm³/mol. The molecule has 1 aliphatic rings. The van der Waals surface area contributed by atoms with Crippen molar-refractivity contribution in [3.05, 3.63) is 0 Å². The Bertz CT molecular complexity index is 263. The van der Waals surface area contributed by atoms with Gasteiger partial charge in [0.1, 0.15) is 0 Å². The third-order valence-electron chi connectivity index (χ3n) is 1.70. The van der Waals surface area contributed by atoms with Crippen LogP contribution in [0.5, 0.6) is 0 Å². The molecule has 1 rings (SSSR count). The van der Waals surface area contributed by atoms with E-state index in [1.807, 2.05) is 4.90 Å². The van der Waals surface area contributed by atoms with Gasteiger partial charge in [0.25, 0.3) is 0 Å². The maximum atomic E-state index is 8.52. The first-order chi connectivity index (χ1) is 6.30. The minimum Gasteiger partial charge on any atom is -0.759 e. The van der Waals surface area contributed by atoms with Crippen LogP contribution >= 0.6 is 0 Å². The zero-order chi connectivity index (χ0) is 11.2. The monoisotopic (exact) mass is 223 g/mol. The zero-order valence-corrected chi connectivity index (χ0v) is 8.42. The highest BCUT2D eigenvalue weighted by Gasteiger charge is 2.09. The summed E-state index contributed by atoms with van der Waals surface area (Å²) in [7, 11) is -5.17. The molecule has 7 nitrogen and oxygen atoms in total. The minimum atomic E-state index is -5.17. The second-order valence-electron chi connectivity index (χ2n) is 2.84. The molecule has 0 amide bonds. The lowest BCUT2D eigenvalue weighted by Gasteiger charge is -2.26. The number of rotatable bonds is 0. The van der Waals surface area contributed by atoms with E-state index in [0.29, 0.717) is 0 Å². The van der Waals surface area contributed by atoms with Crippen molar-refractivity contribution in [3.8, 4) is 0 Å². The first-order valence-corrected chi connectivity index (χ1v) is 5.39. The summed E-state index contributed by atoms with van der Waals surface area (Å²) in [6, 6.07) is 0. The van der Waals surface area contributed by atoms with Gasteiger partial charge in [0.05, 0.1) is 0 Å². The van der Waals surface area contributed by atoms with Crippen LogP contribution in [0.25, 0.3) is 0 Å². The molecule has 1 heterocycles. The van der Waals surface area contributed by atoms with Gasteiger partial charge in [0.2, 0.25) is 0 Å². The van der Waals surface area contributed by atoms with E-state index in [1.54, 1.807) is 0 Å². The second-order valence-corrected chi connectivity index (χ2v) is 3.66. The maximum absolute atomic E-state index is 8.52. The van der Waals surface area contributed by atoms with E-state index < -0.39 is 10.4 Å². The van der Waals surface area contributed by atoms with Crippen LogP contribution in [0.1, 0.15) is 19.3 Å². The van der Waals surface area contributed by atoms with E-state index in [4.69, 9.17) is 28.7 Å². The average Bonchev–Trinajstić information content (AvgIpc) is 2.03. The van der Waals surface area contributed by atoms with Crippen LogP contribution in [-0.4, -0.2) is 41.5 Å². The standard InChI is InChI=1S/C6H13N3.H2O4S/c7-6(8)9-4-2-1-3-5-9;1-5(2,3)4/h1-5H2,(H3,7,8);(H2,1,2,3,4)/p-2. The summed E-state index contributed by atoms with van der Waals surface area (Å²) in [6.45, 7) is 1.96. The van der Waals surface area contributed by atoms with Gasteiger partial charge in [-0.05, 0) is 19.3 Å². The molecule has 14 heavy (non-hydrogen) atoms. The van der Waals surface area contributed by atoms with E-state index in [-0.39, 0.29) is 5.96 Å². The number of nitrogens with one attached hydrogen (secondary N) is 1. The van der Waals surface area contributed by atoms with Crippen molar-refractivity contribution in [2.24, 2.45) is 5.73 Å². The fourth-order valence-electron chi connectivity index (χ4n) is 1.13. The predicted octanol–water partition coefficient (Wildman–Crippen LogP) is -0.972. The summed E-state index contributed by atoms with van der Waals surface area (Å²) in [5.41, 5.74) is 5.28. The van der Waals surface area contributed by atoms with Crippen LogP contribution in [0.4, 0.5) is 0 Å². The van der Waals surface area contributed by atoms with E-state index in [0.717, 1.165) is 13.1 Å². The van der Waals surface area contributed by atoms with Crippen LogP contribution in [-0.2, 0) is 10.4 Å². The molecule has 1 saturated heterocycles. The smallest absolute Gasteiger partial charge is 0.188 e. The van der Waals surface area contributed by atoms with Gasteiger partial charge in [0, 0.05) is 23.5 Å². The Morgan fingerprint density at radius 3 is 1.79 bits per heavy atom. The van der Waals surface area contributed by atoms with Crippen LogP contribution in [0, 0.1) is 5.41 Å². The molecule has 0 radical (unpaired) electrons. The molecule has 0 aromatic carbocycles. The van der Waals surface area contributed by atoms with E-state index in [2.05, 4.69) is 0 Å². The summed E-state index contributed by atoms with van der Waals surface area (Å²) < 4.78 is 34.1. The number of hydrogen-bond acceptors (Lipinski definition) is 5. The van der Waals surface area contributed by atoms with Crippen molar-refractivity contribution >= 4 is 16.4 Å². The van der Waals surface area contributed by atoms with Crippen molar-refractivity contribution in [1.82, 2.24) is 4.90 Å². The summed E-state index contributed by atoms with van der Waals surface area (Å²) in [6.07, 6.45) is 3.68. The van der Waals surface area contributed by atoms with E-state index in [1.165, 1.54) is 19.3 Å². The summed E-state index contributed by atoms with van der Waals surface area (Å²) in [4.78, 5) is 1.92. The first kappa shape index (κ1) is 13.1. The van der Waals surface area contributed by atoms with Gasteiger partial charge in [-0.25, -0.2) is 0 Å². The molecule has 0 aliphatic carbocycles. The molecule has 1 aliphatic heterocycles. The van der Waals surface area contributed by atoms with E-state index >= 15 is 0 Å². The second kappa shape index (κ2) is 5.78. The Morgan fingerprint density at radius 2 is 1.57 bits per heavy atom. The van der Waals surface area contributed by atoms with Crippen molar-refractivity contribution in [1.29, 1.82) is 5.41 Å². The number of nitrogens with zero attached hydrogens (tertiary/aromatic N) is 1. The molecular weight excluding hydrogens is 210 g/mol. The van der Waals surface area contributed by atoms with E-state index in [9.17, 15) is 0 Å². The van der Waals surface area contributed by atoms with Gasteiger partial charge >= 0.3 is 0 Å². The highest BCUT2D eigenvalue weighted by atomic mass is 32.3. The highest BCUT2D eigenvalue weighted by molar-refractivity contribution is 7.79. The molecule has 0 bridgehead atoms. The molecule has 0 spiro atoms. The lowest BCUT2D eigenvalue weighted by Crippen LogP contribution is -2.39. The molecule has 0 atom stereocenters. The molecule has 8 heteroatoms. The van der Waals surface area contributed by atoms with Gasteiger partial charge in [-0.2, -0.15) is 0 Å². The van der Waals surface area contributed by atoms with Crippen LogP contribution in [0.15, 0.2) is 0 Å². The molecule has 0 saturated carbocycles. The molecule has 1 fully saturated rings. The fraction of sp³-hybridized carbons (Fsp3) is 0.833. The van der Waals surface area contributed by atoms with Crippen LogP contribution < -0.4 is 5.73 Å². The normalized spacial score (nSPS) is 16.9. The lowest BCUT2D eigenvalue weighted by atomic mass is 10.1. The molecule has 0 aromatic rings. The van der Waals surface area contributed by atoms with Crippen molar-refractivity contribution in [3.63, 3.8) is 0 Å². The van der Waals surface area contributed by atoms with Crippen molar-refractivity contribution in [2.45, 2.75) is 19.3 Å². The Morgan fingerprint density at radius 1 is 1.21 bits per heavy atom. The van der Waals surface area contributed by atoms with Gasteiger partial charge < -0.3 is 19.7 Å². The summed E-state index contributed by atoms with van der Waals surface area (Å²) >= 11 is 0. The largest absolute Gasteiger partial charge is 0.759 e. The average molecular weight is 223 g/mol. The summed E-state index contributed by atoms with van der Waals surface area (Å²) in [5.74, 6) is 0.231. The number of hydrogen-bond donors (Lipinski definition) is 2. The van der Waals surface area contributed by atoms with Crippen LogP contribution in [0.2, 0.25) is 0 Å². The lowest BCUT2D eigenvalue weighted by molar-refractivity contribution is 0.337. The Balaban J connectivity index is 0.000000292. The SMILES string of the molecule is N=C(N)N1CCCCC1.O=S(=O)([O-])[O-]. The zero-order valence-electron chi connectivity index (χ0n) is 7.60. The molecule has 3 N–H and O–H groups in total. The Labute approximate surface area is 83.0 Å². The Hall–Kier alpha value is -0.860.